The molecule has 0 amide bonds. The van der Waals surface area contributed by atoms with E-state index in [0.29, 0.717) is 15.9 Å². The molecule has 2 aromatic heterocycles. The number of rotatable bonds is 3. The summed E-state index contributed by atoms with van der Waals surface area (Å²) in [6, 6.07) is 3.39. The Bertz CT molecular complexity index is 528. The minimum atomic E-state index is 0.416. The van der Waals surface area contributed by atoms with Crippen LogP contribution in [0.15, 0.2) is 21.5 Å². The van der Waals surface area contributed by atoms with E-state index in [1.807, 2.05) is 19.0 Å². The fourth-order valence-corrected chi connectivity index (χ4v) is 2.92. The Morgan fingerprint density at radius 2 is 2.12 bits per heavy atom. The molecule has 90 valence electrons. The number of nitrogens with two attached hydrogens (primary N) is 1. The third kappa shape index (κ3) is 2.99. The molecule has 0 unspecified atom stereocenters. The Morgan fingerprint density at radius 3 is 2.76 bits per heavy atom. The molecule has 0 fully saturated rings. The van der Waals surface area contributed by atoms with Crippen molar-refractivity contribution in [2.45, 2.75) is 9.37 Å². The van der Waals surface area contributed by atoms with Gasteiger partial charge in [-0.15, -0.1) is 10.2 Å². The van der Waals surface area contributed by atoms with Crippen LogP contribution in [0.3, 0.4) is 0 Å². The van der Waals surface area contributed by atoms with E-state index in [0.717, 1.165) is 9.47 Å². The summed E-state index contributed by atoms with van der Waals surface area (Å²) in [6.07, 6.45) is 0. The van der Waals surface area contributed by atoms with Gasteiger partial charge in [-0.05, 0) is 23.9 Å². The van der Waals surface area contributed by atoms with Crippen LogP contribution in [0.1, 0.15) is 0 Å². The summed E-state index contributed by atoms with van der Waals surface area (Å²) in [5.41, 5.74) is 6.39. The quantitative estimate of drug-likeness (QED) is 0.874. The SMILES string of the molecule is CN(C)c1nnc(Sc2nc(Cl)ccc2N)s1. The second-order valence-corrected chi connectivity index (χ2v) is 5.95. The summed E-state index contributed by atoms with van der Waals surface area (Å²) < 4.78 is 0.787. The van der Waals surface area contributed by atoms with Crippen LogP contribution < -0.4 is 10.6 Å². The average Bonchev–Trinajstić information content (AvgIpc) is 2.72. The molecular formula is C9H10ClN5S2. The van der Waals surface area contributed by atoms with Crippen molar-refractivity contribution in [3.8, 4) is 0 Å². The lowest BCUT2D eigenvalue weighted by atomic mass is 10.4. The number of aromatic nitrogens is 3. The van der Waals surface area contributed by atoms with Crippen LogP contribution in [-0.4, -0.2) is 29.3 Å². The minimum absolute atomic E-state index is 0.416. The molecule has 0 saturated heterocycles. The first-order valence-electron chi connectivity index (χ1n) is 4.67. The largest absolute Gasteiger partial charge is 0.397 e. The van der Waals surface area contributed by atoms with E-state index < -0.39 is 0 Å². The van der Waals surface area contributed by atoms with Crippen LogP contribution >= 0.6 is 34.7 Å². The first kappa shape index (κ1) is 12.4. The van der Waals surface area contributed by atoms with E-state index >= 15 is 0 Å². The predicted octanol–water partition coefficient (Wildman–Crippen LogP) is 2.39. The van der Waals surface area contributed by atoms with Gasteiger partial charge in [-0.2, -0.15) is 0 Å². The maximum Gasteiger partial charge on any atom is 0.208 e. The summed E-state index contributed by atoms with van der Waals surface area (Å²) in [7, 11) is 3.84. The minimum Gasteiger partial charge on any atom is -0.397 e. The Labute approximate surface area is 112 Å². The van der Waals surface area contributed by atoms with Gasteiger partial charge in [-0.25, -0.2) is 4.98 Å². The predicted molar refractivity (Wildman–Crippen MR) is 72.0 cm³/mol. The summed E-state index contributed by atoms with van der Waals surface area (Å²) >= 11 is 8.66. The molecule has 0 bridgehead atoms. The highest BCUT2D eigenvalue weighted by Crippen LogP contribution is 2.34. The van der Waals surface area contributed by atoms with Crippen LogP contribution in [0, 0.1) is 0 Å². The van der Waals surface area contributed by atoms with Crippen molar-refractivity contribution in [3.05, 3.63) is 17.3 Å². The highest BCUT2D eigenvalue weighted by molar-refractivity contribution is 8.01. The second kappa shape index (κ2) is 5.07. The van der Waals surface area contributed by atoms with Gasteiger partial charge in [0.1, 0.15) is 10.2 Å². The number of hydrogen-bond acceptors (Lipinski definition) is 7. The number of hydrogen-bond donors (Lipinski definition) is 1. The number of anilines is 2. The van der Waals surface area contributed by atoms with Crippen LogP contribution in [0.2, 0.25) is 5.15 Å². The lowest BCUT2D eigenvalue weighted by Crippen LogP contribution is -2.07. The van der Waals surface area contributed by atoms with Crippen molar-refractivity contribution in [3.63, 3.8) is 0 Å². The van der Waals surface area contributed by atoms with Crippen molar-refractivity contribution in [1.29, 1.82) is 0 Å². The first-order valence-corrected chi connectivity index (χ1v) is 6.68. The van der Waals surface area contributed by atoms with Crippen molar-refractivity contribution in [2.75, 3.05) is 24.7 Å². The van der Waals surface area contributed by atoms with Crippen LogP contribution in [0.5, 0.6) is 0 Å². The summed E-state index contributed by atoms with van der Waals surface area (Å²) in [4.78, 5) is 6.05. The molecule has 2 aromatic rings. The summed E-state index contributed by atoms with van der Waals surface area (Å²) in [6.45, 7) is 0. The van der Waals surface area contributed by atoms with E-state index in [1.165, 1.54) is 23.1 Å². The average molecular weight is 288 g/mol. The molecule has 0 aliphatic carbocycles. The van der Waals surface area contributed by atoms with Crippen molar-refractivity contribution in [1.82, 2.24) is 15.2 Å². The van der Waals surface area contributed by atoms with E-state index in [9.17, 15) is 0 Å². The van der Waals surface area contributed by atoms with E-state index in [1.54, 1.807) is 12.1 Å². The van der Waals surface area contributed by atoms with Gasteiger partial charge >= 0.3 is 0 Å². The molecule has 0 aliphatic rings. The van der Waals surface area contributed by atoms with Gasteiger partial charge in [0.25, 0.3) is 0 Å². The highest BCUT2D eigenvalue weighted by Gasteiger charge is 2.10. The first-order chi connectivity index (χ1) is 8.06. The third-order valence-corrected chi connectivity index (χ3v) is 4.19. The fourth-order valence-electron chi connectivity index (χ4n) is 1.02. The monoisotopic (exact) mass is 287 g/mol. The molecule has 2 heterocycles. The number of nitrogens with zero attached hydrogens (tertiary/aromatic N) is 4. The van der Waals surface area contributed by atoms with Gasteiger partial charge in [0, 0.05) is 14.1 Å². The standard InChI is InChI=1S/C9H10ClN5S2/c1-15(2)8-13-14-9(17-8)16-7-5(11)3-4-6(10)12-7/h3-4H,11H2,1-2H3. The highest BCUT2D eigenvalue weighted by atomic mass is 35.5. The molecular weight excluding hydrogens is 278 g/mol. The molecule has 0 atom stereocenters. The van der Waals surface area contributed by atoms with E-state index in [2.05, 4.69) is 15.2 Å². The molecule has 5 nitrogen and oxygen atoms in total. The lowest BCUT2D eigenvalue weighted by Gasteiger charge is -2.04. The Hall–Kier alpha value is -1.05. The van der Waals surface area contributed by atoms with Crippen molar-refractivity contribution in [2.24, 2.45) is 0 Å². The van der Waals surface area contributed by atoms with Crippen LogP contribution in [0.25, 0.3) is 0 Å². The van der Waals surface area contributed by atoms with Crippen LogP contribution in [0.4, 0.5) is 10.8 Å². The molecule has 2 rings (SSSR count). The van der Waals surface area contributed by atoms with Gasteiger partial charge in [-0.1, -0.05) is 22.9 Å². The molecule has 0 spiro atoms. The summed E-state index contributed by atoms with van der Waals surface area (Å²) in [5, 5.41) is 10.00. The zero-order valence-corrected chi connectivity index (χ0v) is 11.6. The van der Waals surface area contributed by atoms with Gasteiger partial charge in [-0.3, -0.25) is 0 Å². The molecule has 0 aliphatic heterocycles. The zero-order chi connectivity index (χ0) is 12.4. The van der Waals surface area contributed by atoms with Gasteiger partial charge in [0.15, 0.2) is 4.34 Å². The van der Waals surface area contributed by atoms with E-state index in [-0.39, 0.29) is 0 Å². The van der Waals surface area contributed by atoms with E-state index in [4.69, 9.17) is 17.3 Å². The topological polar surface area (TPSA) is 67.9 Å². The molecule has 0 radical (unpaired) electrons. The van der Waals surface area contributed by atoms with Gasteiger partial charge < -0.3 is 10.6 Å². The Kier molecular flexibility index (Phi) is 3.70. The second-order valence-electron chi connectivity index (χ2n) is 3.38. The maximum atomic E-state index is 5.82. The molecule has 8 heteroatoms. The fraction of sp³-hybridized carbons (Fsp3) is 0.222. The lowest BCUT2D eigenvalue weighted by molar-refractivity contribution is 0.971. The smallest absolute Gasteiger partial charge is 0.208 e. The molecule has 2 N–H and O–H groups in total. The molecule has 0 aromatic carbocycles. The van der Waals surface area contributed by atoms with Crippen molar-refractivity contribution >= 4 is 45.5 Å². The number of nitrogen functional groups attached to an aromatic ring is 1. The Morgan fingerprint density at radius 1 is 1.35 bits per heavy atom. The summed E-state index contributed by atoms with van der Waals surface area (Å²) in [5.74, 6) is 0. The van der Waals surface area contributed by atoms with Crippen LogP contribution in [-0.2, 0) is 0 Å². The zero-order valence-electron chi connectivity index (χ0n) is 9.22. The Balaban J connectivity index is 2.22. The van der Waals surface area contributed by atoms with Crippen molar-refractivity contribution < 1.29 is 0 Å². The van der Waals surface area contributed by atoms with Gasteiger partial charge in [0.2, 0.25) is 5.13 Å². The molecule has 17 heavy (non-hydrogen) atoms. The molecule has 0 saturated carbocycles. The number of halogens is 1. The van der Waals surface area contributed by atoms with Gasteiger partial charge in [0.05, 0.1) is 5.69 Å². The number of pyridine rings is 1. The normalized spacial score (nSPS) is 10.5. The third-order valence-electron chi connectivity index (χ3n) is 1.82. The maximum absolute atomic E-state index is 5.82.